The molecule has 4 rings (SSSR count). The number of carbonyl (C=O) groups is 1. The van der Waals surface area contributed by atoms with Gasteiger partial charge >= 0.3 is 0 Å². The normalized spacial score (nSPS) is 45.4. The summed E-state index contributed by atoms with van der Waals surface area (Å²) in [6.07, 6.45) is 6.15. The fourth-order valence-corrected chi connectivity index (χ4v) is 5.07. The molecule has 0 radical (unpaired) electrons. The summed E-state index contributed by atoms with van der Waals surface area (Å²) in [5.74, 6) is 2.49. The Morgan fingerprint density at radius 2 is 1.78 bits per heavy atom. The van der Waals surface area contributed by atoms with Crippen LogP contribution >= 0.6 is 0 Å². The number of hydrogen-bond donors (Lipinski definition) is 2. The molecular formula is C14H24N2O2. The molecule has 102 valence electrons. The predicted molar refractivity (Wildman–Crippen MR) is 68.8 cm³/mol. The lowest BCUT2D eigenvalue weighted by Gasteiger charge is -2.60. The van der Waals surface area contributed by atoms with E-state index in [4.69, 9.17) is 10.5 Å². The molecule has 0 aromatic rings. The van der Waals surface area contributed by atoms with Crippen LogP contribution in [0.3, 0.4) is 0 Å². The van der Waals surface area contributed by atoms with Crippen molar-refractivity contribution in [2.24, 2.45) is 29.4 Å². The van der Waals surface area contributed by atoms with Crippen LogP contribution in [0.1, 0.15) is 32.1 Å². The number of methoxy groups -OCH3 is 1. The smallest absolute Gasteiger partial charge is 0.238 e. The highest BCUT2D eigenvalue weighted by Crippen LogP contribution is 2.58. The second-order valence-corrected chi connectivity index (χ2v) is 6.46. The molecule has 0 heterocycles. The minimum absolute atomic E-state index is 0.132. The van der Waals surface area contributed by atoms with E-state index in [1.54, 1.807) is 7.11 Å². The second kappa shape index (κ2) is 4.49. The lowest BCUT2D eigenvalue weighted by Crippen LogP contribution is -2.71. The van der Waals surface area contributed by atoms with Gasteiger partial charge in [-0.1, -0.05) is 0 Å². The molecule has 4 saturated carbocycles. The fraction of sp³-hybridized carbons (Fsp3) is 0.929. The third kappa shape index (κ3) is 1.69. The molecule has 0 aliphatic heterocycles. The zero-order valence-corrected chi connectivity index (χ0v) is 11.2. The van der Waals surface area contributed by atoms with Gasteiger partial charge in [-0.15, -0.1) is 0 Å². The van der Waals surface area contributed by atoms with Crippen molar-refractivity contribution in [3.63, 3.8) is 0 Å². The Bertz CT molecular complexity index is 315. The summed E-state index contributed by atoms with van der Waals surface area (Å²) in [6, 6.07) is 0. The monoisotopic (exact) mass is 252 g/mol. The largest absolute Gasteiger partial charge is 0.383 e. The van der Waals surface area contributed by atoms with Gasteiger partial charge in [0, 0.05) is 13.7 Å². The van der Waals surface area contributed by atoms with Gasteiger partial charge in [0.15, 0.2) is 0 Å². The topological polar surface area (TPSA) is 64.3 Å². The molecule has 4 aliphatic rings. The van der Waals surface area contributed by atoms with Crippen LogP contribution in [0.25, 0.3) is 0 Å². The van der Waals surface area contributed by atoms with E-state index < -0.39 is 5.54 Å². The van der Waals surface area contributed by atoms with Crippen molar-refractivity contribution in [3.05, 3.63) is 0 Å². The molecule has 0 aromatic heterocycles. The minimum Gasteiger partial charge on any atom is -0.383 e. The molecule has 4 heteroatoms. The van der Waals surface area contributed by atoms with Gasteiger partial charge in [-0.2, -0.15) is 0 Å². The van der Waals surface area contributed by atoms with Gasteiger partial charge < -0.3 is 15.8 Å². The standard InChI is InChI=1S/C14H24N2O2/c1-18-3-2-16-14(13(15)17)11-5-9-4-10(7-11)8-12(14)6-9/h9-12,16H,2-8H2,1H3,(H2,15,17). The second-order valence-electron chi connectivity index (χ2n) is 6.46. The van der Waals surface area contributed by atoms with E-state index in [2.05, 4.69) is 5.32 Å². The summed E-state index contributed by atoms with van der Waals surface area (Å²) >= 11 is 0. The molecule has 0 spiro atoms. The first-order valence-corrected chi connectivity index (χ1v) is 7.20. The minimum atomic E-state index is -0.439. The SMILES string of the molecule is COCCNC1(C(N)=O)C2CC3CC(C2)CC1C3. The number of nitrogens with two attached hydrogens (primary N) is 1. The maximum atomic E-state index is 12.1. The van der Waals surface area contributed by atoms with Gasteiger partial charge in [0.25, 0.3) is 0 Å². The summed E-state index contributed by atoms with van der Waals surface area (Å²) in [4.78, 5) is 12.1. The van der Waals surface area contributed by atoms with Crippen molar-refractivity contribution >= 4 is 5.91 Å². The van der Waals surface area contributed by atoms with Gasteiger partial charge in [-0.05, 0) is 55.8 Å². The number of nitrogens with one attached hydrogen (secondary N) is 1. The van der Waals surface area contributed by atoms with E-state index in [-0.39, 0.29) is 5.91 Å². The number of rotatable bonds is 5. The zero-order chi connectivity index (χ0) is 12.8. The highest BCUT2D eigenvalue weighted by molar-refractivity contribution is 5.86. The van der Waals surface area contributed by atoms with Crippen LogP contribution in [0.15, 0.2) is 0 Å². The first kappa shape index (κ1) is 12.4. The van der Waals surface area contributed by atoms with Crippen LogP contribution in [0, 0.1) is 23.7 Å². The Morgan fingerprint density at radius 3 is 2.22 bits per heavy atom. The lowest BCUT2D eigenvalue weighted by atomic mass is 9.48. The van der Waals surface area contributed by atoms with Crippen molar-refractivity contribution in [1.29, 1.82) is 0 Å². The highest BCUT2D eigenvalue weighted by Gasteiger charge is 2.59. The van der Waals surface area contributed by atoms with Crippen LogP contribution in [-0.2, 0) is 9.53 Å². The average molecular weight is 252 g/mol. The molecule has 4 nitrogen and oxygen atoms in total. The molecule has 4 fully saturated rings. The molecule has 0 aromatic carbocycles. The average Bonchev–Trinajstić information content (AvgIpc) is 2.31. The van der Waals surface area contributed by atoms with E-state index in [0.29, 0.717) is 18.4 Å². The highest BCUT2D eigenvalue weighted by atomic mass is 16.5. The third-order valence-electron chi connectivity index (χ3n) is 5.56. The number of amides is 1. The number of ether oxygens (including phenoxy) is 1. The van der Waals surface area contributed by atoms with Crippen molar-refractivity contribution in [2.75, 3.05) is 20.3 Å². The maximum Gasteiger partial charge on any atom is 0.238 e. The Morgan fingerprint density at radius 1 is 1.22 bits per heavy atom. The van der Waals surface area contributed by atoms with Crippen LogP contribution in [0.5, 0.6) is 0 Å². The zero-order valence-electron chi connectivity index (χ0n) is 11.2. The van der Waals surface area contributed by atoms with Crippen molar-refractivity contribution < 1.29 is 9.53 Å². The molecule has 0 saturated heterocycles. The first-order valence-electron chi connectivity index (χ1n) is 7.20. The molecule has 3 N–H and O–H groups in total. The summed E-state index contributed by atoms with van der Waals surface area (Å²) in [7, 11) is 1.69. The van der Waals surface area contributed by atoms with Gasteiger partial charge in [0.2, 0.25) is 5.91 Å². The molecule has 1 amide bonds. The van der Waals surface area contributed by atoms with Gasteiger partial charge in [-0.25, -0.2) is 0 Å². The Labute approximate surface area is 109 Å². The van der Waals surface area contributed by atoms with Crippen molar-refractivity contribution in [3.8, 4) is 0 Å². The van der Waals surface area contributed by atoms with E-state index in [0.717, 1.165) is 18.4 Å². The number of primary amides is 1. The summed E-state index contributed by atoms with van der Waals surface area (Å²) in [6.45, 7) is 1.36. The summed E-state index contributed by atoms with van der Waals surface area (Å²) in [5, 5.41) is 3.48. The molecule has 4 bridgehead atoms. The summed E-state index contributed by atoms with van der Waals surface area (Å²) in [5.41, 5.74) is 5.35. The quantitative estimate of drug-likeness (QED) is 0.715. The molecule has 18 heavy (non-hydrogen) atoms. The Balaban J connectivity index is 1.82. The van der Waals surface area contributed by atoms with Crippen LogP contribution in [0.2, 0.25) is 0 Å². The molecule has 4 aliphatic carbocycles. The van der Waals surface area contributed by atoms with Gasteiger partial charge in [0.05, 0.1) is 6.61 Å². The molecular weight excluding hydrogens is 228 g/mol. The summed E-state index contributed by atoms with van der Waals surface area (Å²) < 4.78 is 5.10. The van der Waals surface area contributed by atoms with Crippen LogP contribution in [-0.4, -0.2) is 31.7 Å². The Kier molecular flexibility index (Phi) is 3.10. The fourth-order valence-electron chi connectivity index (χ4n) is 5.07. The van der Waals surface area contributed by atoms with E-state index in [9.17, 15) is 4.79 Å². The van der Waals surface area contributed by atoms with Crippen molar-refractivity contribution in [1.82, 2.24) is 5.32 Å². The number of carbonyl (C=O) groups excluding carboxylic acids is 1. The van der Waals surface area contributed by atoms with Crippen molar-refractivity contribution in [2.45, 2.75) is 37.6 Å². The first-order chi connectivity index (χ1) is 8.66. The third-order valence-corrected chi connectivity index (χ3v) is 5.56. The van der Waals surface area contributed by atoms with E-state index in [1.165, 1.54) is 32.1 Å². The molecule has 0 unspecified atom stereocenters. The number of hydrogen-bond acceptors (Lipinski definition) is 3. The van der Waals surface area contributed by atoms with Gasteiger partial charge in [0.1, 0.15) is 5.54 Å². The van der Waals surface area contributed by atoms with E-state index >= 15 is 0 Å². The molecule has 0 atom stereocenters. The van der Waals surface area contributed by atoms with Gasteiger partial charge in [-0.3, -0.25) is 4.79 Å². The van der Waals surface area contributed by atoms with Crippen LogP contribution in [0.4, 0.5) is 0 Å². The predicted octanol–water partition coefficient (Wildman–Crippen LogP) is 0.903. The maximum absolute atomic E-state index is 12.1. The van der Waals surface area contributed by atoms with Crippen LogP contribution < -0.4 is 11.1 Å². The van der Waals surface area contributed by atoms with E-state index in [1.807, 2.05) is 0 Å². The lowest BCUT2D eigenvalue weighted by molar-refractivity contribution is -0.143. The Hall–Kier alpha value is -0.610.